The average Bonchev–Trinajstić information content (AvgIpc) is 2.45. The number of rotatable bonds is 6. The van der Waals surface area contributed by atoms with Crippen molar-refractivity contribution >= 4 is 0 Å². The van der Waals surface area contributed by atoms with E-state index in [1.165, 1.54) is 11.1 Å². The van der Waals surface area contributed by atoms with Crippen LogP contribution in [-0.2, 0) is 6.54 Å². The third-order valence-corrected chi connectivity index (χ3v) is 3.33. The normalized spacial score (nSPS) is 12.4. The van der Waals surface area contributed by atoms with Gasteiger partial charge in [-0.3, -0.25) is 0 Å². The smallest absolute Gasteiger partial charge is 0.387 e. The maximum atomic E-state index is 12.4. The van der Waals surface area contributed by atoms with Crippen molar-refractivity contribution in [3.05, 3.63) is 65.2 Å². The Morgan fingerprint density at radius 2 is 1.86 bits per heavy atom. The molecule has 2 aromatic carbocycles. The van der Waals surface area contributed by atoms with Crippen LogP contribution in [0.5, 0.6) is 5.75 Å². The number of alkyl halides is 2. The van der Waals surface area contributed by atoms with Gasteiger partial charge in [0, 0.05) is 18.2 Å². The highest BCUT2D eigenvalue weighted by molar-refractivity contribution is 5.33. The van der Waals surface area contributed by atoms with E-state index in [0.29, 0.717) is 6.54 Å². The molecule has 0 aromatic heterocycles. The van der Waals surface area contributed by atoms with Crippen molar-refractivity contribution in [2.24, 2.45) is 0 Å². The van der Waals surface area contributed by atoms with Gasteiger partial charge in [0.05, 0.1) is 0 Å². The second-order valence-electron chi connectivity index (χ2n) is 5.00. The van der Waals surface area contributed by atoms with Gasteiger partial charge in [-0.2, -0.15) is 8.78 Å². The van der Waals surface area contributed by atoms with Crippen LogP contribution in [0.3, 0.4) is 0 Å². The molecule has 0 heterocycles. The van der Waals surface area contributed by atoms with E-state index in [0.717, 1.165) is 5.56 Å². The number of hydrogen-bond donors (Lipinski definition) is 1. The lowest BCUT2D eigenvalue weighted by Gasteiger charge is -2.16. The van der Waals surface area contributed by atoms with Crippen molar-refractivity contribution in [2.45, 2.75) is 33.0 Å². The fraction of sp³-hybridized carbons (Fsp3) is 0.294. The molecule has 0 saturated carbocycles. The van der Waals surface area contributed by atoms with Gasteiger partial charge in [0.25, 0.3) is 0 Å². The maximum absolute atomic E-state index is 12.4. The molecule has 0 amide bonds. The molecule has 21 heavy (non-hydrogen) atoms. The molecule has 0 bridgehead atoms. The Morgan fingerprint density at radius 1 is 1.10 bits per heavy atom. The number of halogens is 2. The summed E-state index contributed by atoms with van der Waals surface area (Å²) in [4.78, 5) is 0. The first-order valence-electron chi connectivity index (χ1n) is 6.89. The van der Waals surface area contributed by atoms with E-state index in [1.807, 2.05) is 38.1 Å². The summed E-state index contributed by atoms with van der Waals surface area (Å²) in [6.45, 7) is 1.76. The van der Waals surface area contributed by atoms with Gasteiger partial charge in [-0.15, -0.1) is 0 Å². The summed E-state index contributed by atoms with van der Waals surface area (Å²) in [5.74, 6) is 0.219. The third kappa shape index (κ3) is 4.53. The van der Waals surface area contributed by atoms with E-state index >= 15 is 0 Å². The SMILES string of the molecule is Cc1cccc(C(C)NCc2ccccc2OC(F)F)c1. The van der Waals surface area contributed by atoms with Crippen LogP contribution in [0.15, 0.2) is 48.5 Å². The summed E-state index contributed by atoms with van der Waals surface area (Å²) >= 11 is 0. The van der Waals surface area contributed by atoms with Crippen molar-refractivity contribution in [3.63, 3.8) is 0 Å². The van der Waals surface area contributed by atoms with Crippen LogP contribution in [0.2, 0.25) is 0 Å². The van der Waals surface area contributed by atoms with Gasteiger partial charge in [0.1, 0.15) is 5.75 Å². The topological polar surface area (TPSA) is 21.3 Å². The first-order chi connectivity index (χ1) is 10.1. The monoisotopic (exact) mass is 291 g/mol. The van der Waals surface area contributed by atoms with Crippen LogP contribution < -0.4 is 10.1 Å². The Hall–Kier alpha value is -1.94. The molecular weight excluding hydrogens is 272 g/mol. The summed E-state index contributed by atoms with van der Waals surface area (Å²) in [6.07, 6.45) is 0. The van der Waals surface area contributed by atoms with Crippen molar-refractivity contribution in [1.29, 1.82) is 0 Å². The molecule has 2 rings (SSSR count). The number of aryl methyl sites for hydroxylation is 1. The highest BCUT2D eigenvalue weighted by Crippen LogP contribution is 2.21. The highest BCUT2D eigenvalue weighted by atomic mass is 19.3. The summed E-state index contributed by atoms with van der Waals surface area (Å²) in [6, 6.07) is 15.2. The lowest BCUT2D eigenvalue weighted by atomic mass is 10.1. The van der Waals surface area contributed by atoms with E-state index in [4.69, 9.17) is 0 Å². The number of hydrogen-bond acceptors (Lipinski definition) is 2. The van der Waals surface area contributed by atoms with Gasteiger partial charge in [0.15, 0.2) is 0 Å². The molecule has 1 unspecified atom stereocenters. The van der Waals surface area contributed by atoms with E-state index in [9.17, 15) is 8.78 Å². The Balaban J connectivity index is 2.02. The van der Waals surface area contributed by atoms with Crippen LogP contribution in [0.25, 0.3) is 0 Å². The van der Waals surface area contributed by atoms with Crippen molar-refractivity contribution in [3.8, 4) is 5.75 Å². The third-order valence-electron chi connectivity index (χ3n) is 3.33. The standard InChI is InChI=1S/C17H19F2NO/c1-12-6-5-8-14(10-12)13(2)20-11-15-7-3-4-9-16(15)21-17(18)19/h3-10,13,17,20H,11H2,1-2H3. The molecule has 1 atom stereocenters. The minimum Gasteiger partial charge on any atom is -0.434 e. The highest BCUT2D eigenvalue weighted by Gasteiger charge is 2.10. The molecule has 2 nitrogen and oxygen atoms in total. The van der Waals surface area contributed by atoms with Crippen LogP contribution >= 0.6 is 0 Å². The molecule has 4 heteroatoms. The van der Waals surface area contributed by atoms with Crippen LogP contribution in [0.1, 0.15) is 29.7 Å². The van der Waals surface area contributed by atoms with Crippen LogP contribution in [0, 0.1) is 6.92 Å². The maximum Gasteiger partial charge on any atom is 0.387 e. The molecule has 112 valence electrons. The molecule has 0 aliphatic carbocycles. The van der Waals surface area contributed by atoms with E-state index in [-0.39, 0.29) is 11.8 Å². The second-order valence-corrected chi connectivity index (χ2v) is 5.00. The fourth-order valence-electron chi connectivity index (χ4n) is 2.18. The minimum atomic E-state index is -2.81. The fourth-order valence-corrected chi connectivity index (χ4v) is 2.18. The average molecular weight is 291 g/mol. The summed E-state index contributed by atoms with van der Waals surface area (Å²) in [7, 11) is 0. The van der Waals surface area contributed by atoms with Gasteiger partial charge in [-0.25, -0.2) is 0 Å². The summed E-state index contributed by atoms with van der Waals surface area (Å²) in [5.41, 5.74) is 3.09. The molecule has 0 aliphatic heterocycles. The Labute approximate surface area is 123 Å². The summed E-state index contributed by atoms with van der Waals surface area (Å²) < 4.78 is 29.3. The first kappa shape index (κ1) is 15.4. The molecule has 0 spiro atoms. The van der Waals surface area contributed by atoms with E-state index in [2.05, 4.69) is 16.1 Å². The molecule has 0 radical (unpaired) electrons. The number of benzene rings is 2. The van der Waals surface area contributed by atoms with Crippen molar-refractivity contribution < 1.29 is 13.5 Å². The largest absolute Gasteiger partial charge is 0.434 e. The molecule has 0 saturated heterocycles. The molecule has 0 aliphatic rings. The van der Waals surface area contributed by atoms with Crippen molar-refractivity contribution in [2.75, 3.05) is 0 Å². The Morgan fingerprint density at radius 3 is 2.57 bits per heavy atom. The second kappa shape index (κ2) is 7.18. The van der Waals surface area contributed by atoms with Gasteiger partial charge in [-0.1, -0.05) is 48.0 Å². The summed E-state index contributed by atoms with van der Waals surface area (Å²) in [5, 5.41) is 3.33. The van der Waals surface area contributed by atoms with Crippen LogP contribution in [-0.4, -0.2) is 6.61 Å². The quantitative estimate of drug-likeness (QED) is 0.849. The van der Waals surface area contributed by atoms with Gasteiger partial charge >= 0.3 is 6.61 Å². The van der Waals surface area contributed by atoms with Crippen LogP contribution in [0.4, 0.5) is 8.78 Å². The molecule has 2 aromatic rings. The lowest BCUT2D eigenvalue weighted by Crippen LogP contribution is -2.19. The molecular formula is C17H19F2NO. The van der Waals surface area contributed by atoms with E-state index < -0.39 is 6.61 Å². The zero-order chi connectivity index (χ0) is 15.2. The molecule has 0 fully saturated rings. The Kier molecular flexibility index (Phi) is 5.28. The number of para-hydroxylation sites is 1. The zero-order valence-corrected chi connectivity index (χ0v) is 12.1. The minimum absolute atomic E-state index is 0.129. The van der Waals surface area contributed by atoms with Gasteiger partial charge in [0.2, 0.25) is 0 Å². The predicted octanol–water partition coefficient (Wildman–Crippen LogP) is 4.45. The Bertz CT molecular complexity index is 587. The van der Waals surface area contributed by atoms with Gasteiger partial charge in [-0.05, 0) is 25.5 Å². The van der Waals surface area contributed by atoms with Crippen molar-refractivity contribution in [1.82, 2.24) is 5.32 Å². The van der Waals surface area contributed by atoms with E-state index in [1.54, 1.807) is 18.2 Å². The first-order valence-corrected chi connectivity index (χ1v) is 6.89. The molecule has 1 N–H and O–H groups in total. The lowest BCUT2D eigenvalue weighted by molar-refractivity contribution is -0.0505. The predicted molar refractivity (Wildman–Crippen MR) is 79.5 cm³/mol. The number of nitrogens with one attached hydrogen (secondary N) is 1. The zero-order valence-electron chi connectivity index (χ0n) is 12.1. The van der Waals surface area contributed by atoms with Gasteiger partial charge < -0.3 is 10.1 Å². The number of ether oxygens (including phenoxy) is 1.